The number of carbonyl (C=O) groups is 2. The molecular formula is C31H38FN3O4S. The number of hydrogen-bond acceptors (Lipinski definition) is 4. The molecule has 0 bridgehead atoms. The first-order valence-corrected chi connectivity index (χ1v) is 15.0. The number of halogens is 1. The molecule has 0 aliphatic carbocycles. The zero-order valence-corrected chi connectivity index (χ0v) is 24.4. The average Bonchev–Trinajstić information content (AvgIpc) is 2.93. The molecule has 1 N–H and O–H groups in total. The van der Waals surface area contributed by atoms with Crippen LogP contribution in [0.15, 0.2) is 77.7 Å². The second kappa shape index (κ2) is 14.1. The van der Waals surface area contributed by atoms with Gasteiger partial charge in [0.1, 0.15) is 18.4 Å². The van der Waals surface area contributed by atoms with Crippen LogP contribution < -0.4 is 9.62 Å². The molecule has 0 spiro atoms. The highest BCUT2D eigenvalue weighted by Gasteiger charge is 2.34. The molecule has 2 amide bonds. The number of anilines is 1. The normalized spacial score (nSPS) is 12.0. The lowest BCUT2D eigenvalue weighted by molar-refractivity contribution is -0.140. The van der Waals surface area contributed by atoms with E-state index in [-0.39, 0.29) is 17.3 Å². The van der Waals surface area contributed by atoms with E-state index in [1.807, 2.05) is 13.8 Å². The van der Waals surface area contributed by atoms with E-state index in [1.54, 1.807) is 62.4 Å². The van der Waals surface area contributed by atoms with E-state index in [2.05, 4.69) is 5.32 Å². The number of para-hydroxylation sites is 1. The molecule has 1 atom stereocenters. The Morgan fingerprint density at radius 2 is 1.57 bits per heavy atom. The minimum atomic E-state index is -4.13. The van der Waals surface area contributed by atoms with Crippen molar-refractivity contribution in [1.29, 1.82) is 0 Å². The van der Waals surface area contributed by atoms with Gasteiger partial charge in [0, 0.05) is 13.1 Å². The minimum absolute atomic E-state index is 0.0189. The number of nitrogens with one attached hydrogen (secondary N) is 1. The molecule has 0 aliphatic heterocycles. The van der Waals surface area contributed by atoms with Crippen LogP contribution in [0.25, 0.3) is 0 Å². The monoisotopic (exact) mass is 567 g/mol. The molecule has 0 saturated carbocycles. The summed E-state index contributed by atoms with van der Waals surface area (Å²) >= 11 is 0. The van der Waals surface area contributed by atoms with Crippen molar-refractivity contribution in [1.82, 2.24) is 10.2 Å². The number of aryl methyl sites for hydroxylation is 2. The van der Waals surface area contributed by atoms with Crippen molar-refractivity contribution >= 4 is 27.5 Å². The topological polar surface area (TPSA) is 86.8 Å². The van der Waals surface area contributed by atoms with Crippen molar-refractivity contribution in [2.75, 3.05) is 17.4 Å². The van der Waals surface area contributed by atoms with Crippen molar-refractivity contribution in [2.24, 2.45) is 0 Å². The van der Waals surface area contributed by atoms with Crippen LogP contribution in [0.3, 0.4) is 0 Å². The molecule has 0 saturated heterocycles. The smallest absolute Gasteiger partial charge is 0.264 e. The predicted octanol–water partition coefficient (Wildman–Crippen LogP) is 5.36. The van der Waals surface area contributed by atoms with Crippen LogP contribution in [0, 0.1) is 19.7 Å². The van der Waals surface area contributed by atoms with Crippen molar-refractivity contribution in [2.45, 2.75) is 64.4 Å². The number of rotatable bonds is 13. The summed E-state index contributed by atoms with van der Waals surface area (Å²) in [4.78, 5) is 28.7. The van der Waals surface area contributed by atoms with E-state index in [0.717, 1.165) is 22.7 Å². The zero-order chi connectivity index (χ0) is 29.3. The van der Waals surface area contributed by atoms with Gasteiger partial charge in [-0.05, 0) is 68.1 Å². The van der Waals surface area contributed by atoms with Crippen LogP contribution >= 0.6 is 0 Å². The largest absolute Gasteiger partial charge is 0.354 e. The summed E-state index contributed by atoms with van der Waals surface area (Å²) in [5, 5.41) is 2.90. The Hall–Kier alpha value is -3.72. The minimum Gasteiger partial charge on any atom is -0.354 e. The maximum atomic E-state index is 14.0. The number of hydrogen-bond donors (Lipinski definition) is 1. The zero-order valence-electron chi connectivity index (χ0n) is 23.6. The van der Waals surface area contributed by atoms with Crippen molar-refractivity contribution in [3.05, 3.63) is 95.3 Å². The number of carbonyl (C=O) groups excluding carboxylic acids is 2. The SMILES string of the molecule is CCCCNC(=O)C(CC)N(Cc1ccc(F)cc1)C(=O)CN(c1ccccc1C)S(=O)(=O)c1ccc(C)cc1. The molecule has 3 aromatic rings. The molecule has 7 nitrogen and oxygen atoms in total. The molecule has 214 valence electrons. The van der Waals surface area contributed by atoms with E-state index < -0.39 is 34.3 Å². The fourth-order valence-electron chi connectivity index (χ4n) is 4.41. The number of benzene rings is 3. The highest BCUT2D eigenvalue weighted by atomic mass is 32.2. The Labute approximate surface area is 237 Å². The van der Waals surface area contributed by atoms with Gasteiger partial charge in [-0.25, -0.2) is 12.8 Å². The van der Waals surface area contributed by atoms with Crippen LogP contribution in [0.1, 0.15) is 49.8 Å². The van der Waals surface area contributed by atoms with Gasteiger partial charge >= 0.3 is 0 Å². The Kier molecular flexibility index (Phi) is 10.8. The molecule has 0 aromatic heterocycles. The maximum absolute atomic E-state index is 14.0. The molecular weight excluding hydrogens is 529 g/mol. The Morgan fingerprint density at radius 3 is 2.17 bits per heavy atom. The Bertz CT molecular complexity index is 1390. The van der Waals surface area contributed by atoms with Crippen LogP contribution in [-0.4, -0.2) is 44.3 Å². The van der Waals surface area contributed by atoms with E-state index in [9.17, 15) is 22.4 Å². The molecule has 0 fully saturated rings. The van der Waals surface area contributed by atoms with Gasteiger partial charge in [-0.1, -0.05) is 68.3 Å². The number of unbranched alkanes of at least 4 members (excludes halogenated alkanes) is 1. The molecule has 0 aliphatic rings. The summed E-state index contributed by atoms with van der Waals surface area (Å²) < 4.78 is 42.6. The second-order valence-electron chi connectivity index (χ2n) is 9.83. The summed E-state index contributed by atoms with van der Waals surface area (Å²) in [5.74, 6) is -1.27. The van der Waals surface area contributed by atoms with E-state index in [1.165, 1.54) is 29.2 Å². The van der Waals surface area contributed by atoms with E-state index >= 15 is 0 Å². The first-order valence-electron chi connectivity index (χ1n) is 13.5. The molecule has 3 aromatic carbocycles. The van der Waals surface area contributed by atoms with Crippen LogP contribution in [0.5, 0.6) is 0 Å². The van der Waals surface area contributed by atoms with Crippen molar-refractivity contribution in [3.8, 4) is 0 Å². The van der Waals surface area contributed by atoms with Crippen molar-refractivity contribution < 1.29 is 22.4 Å². The summed E-state index contributed by atoms with van der Waals surface area (Å²) in [6, 6.07) is 18.3. The Balaban J connectivity index is 2.04. The number of nitrogens with zero attached hydrogens (tertiary/aromatic N) is 2. The van der Waals surface area contributed by atoms with Gasteiger partial charge < -0.3 is 10.2 Å². The molecule has 3 rings (SSSR count). The summed E-state index contributed by atoms with van der Waals surface area (Å²) in [5.41, 5.74) is 2.58. The standard InChI is InChI=1S/C31H38FN3O4S/c1-5-7-20-33-31(37)28(6-2)34(21-25-14-16-26(32)17-15-25)30(36)22-35(29-11-9-8-10-24(29)4)40(38,39)27-18-12-23(3)13-19-27/h8-19,28H,5-7,20-22H2,1-4H3,(H,33,37). The fraction of sp³-hybridized carbons (Fsp3) is 0.355. The van der Waals surface area contributed by atoms with Crippen LogP contribution in [0.2, 0.25) is 0 Å². The quantitative estimate of drug-likeness (QED) is 0.282. The third kappa shape index (κ3) is 7.69. The second-order valence-corrected chi connectivity index (χ2v) is 11.7. The van der Waals surface area contributed by atoms with E-state index in [0.29, 0.717) is 29.8 Å². The highest BCUT2D eigenvalue weighted by molar-refractivity contribution is 7.92. The average molecular weight is 568 g/mol. The molecule has 0 radical (unpaired) electrons. The van der Waals surface area contributed by atoms with Gasteiger partial charge in [-0.2, -0.15) is 0 Å². The number of sulfonamides is 1. The maximum Gasteiger partial charge on any atom is 0.264 e. The van der Waals surface area contributed by atoms with Gasteiger partial charge in [0.2, 0.25) is 11.8 Å². The fourth-order valence-corrected chi connectivity index (χ4v) is 5.88. The lowest BCUT2D eigenvalue weighted by Crippen LogP contribution is -2.52. The molecule has 1 unspecified atom stereocenters. The predicted molar refractivity (Wildman–Crippen MR) is 156 cm³/mol. The van der Waals surface area contributed by atoms with E-state index in [4.69, 9.17) is 0 Å². The molecule has 9 heteroatoms. The lowest BCUT2D eigenvalue weighted by atomic mass is 10.1. The molecule has 40 heavy (non-hydrogen) atoms. The summed E-state index contributed by atoms with van der Waals surface area (Å²) in [6.07, 6.45) is 2.02. The van der Waals surface area contributed by atoms with Gasteiger partial charge in [0.05, 0.1) is 10.6 Å². The van der Waals surface area contributed by atoms with Crippen LogP contribution in [0.4, 0.5) is 10.1 Å². The third-order valence-electron chi connectivity index (χ3n) is 6.75. The molecule has 0 heterocycles. The van der Waals surface area contributed by atoms with Gasteiger partial charge in [-0.3, -0.25) is 13.9 Å². The number of amides is 2. The summed E-state index contributed by atoms with van der Waals surface area (Å²) in [6.45, 7) is 7.44. The highest BCUT2D eigenvalue weighted by Crippen LogP contribution is 2.27. The lowest BCUT2D eigenvalue weighted by Gasteiger charge is -2.33. The first-order chi connectivity index (χ1) is 19.1. The Morgan fingerprint density at radius 1 is 0.925 bits per heavy atom. The van der Waals surface area contributed by atoms with Crippen LogP contribution in [-0.2, 0) is 26.2 Å². The van der Waals surface area contributed by atoms with Gasteiger partial charge in [-0.15, -0.1) is 0 Å². The summed E-state index contributed by atoms with van der Waals surface area (Å²) in [7, 11) is -4.13. The van der Waals surface area contributed by atoms with Gasteiger partial charge in [0.15, 0.2) is 0 Å². The third-order valence-corrected chi connectivity index (χ3v) is 8.53. The van der Waals surface area contributed by atoms with Gasteiger partial charge in [0.25, 0.3) is 10.0 Å². The first kappa shape index (κ1) is 30.8. The van der Waals surface area contributed by atoms with Crippen molar-refractivity contribution in [3.63, 3.8) is 0 Å².